The van der Waals surface area contributed by atoms with Gasteiger partial charge >= 0.3 is 0 Å². The van der Waals surface area contributed by atoms with Crippen molar-refractivity contribution >= 4 is 16.8 Å². The molecule has 1 unspecified atom stereocenters. The van der Waals surface area contributed by atoms with Crippen molar-refractivity contribution in [3.8, 4) is 11.3 Å². The van der Waals surface area contributed by atoms with E-state index < -0.39 is 0 Å². The van der Waals surface area contributed by atoms with Gasteiger partial charge in [-0.2, -0.15) is 0 Å². The van der Waals surface area contributed by atoms with Crippen molar-refractivity contribution in [3.63, 3.8) is 0 Å². The van der Waals surface area contributed by atoms with Crippen molar-refractivity contribution in [1.82, 2.24) is 20.8 Å². The van der Waals surface area contributed by atoms with Gasteiger partial charge in [0.25, 0.3) is 5.91 Å². The summed E-state index contributed by atoms with van der Waals surface area (Å²) in [6.45, 7) is 1.38. The van der Waals surface area contributed by atoms with E-state index in [4.69, 9.17) is 4.84 Å². The van der Waals surface area contributed by atoms with Crippen LogP contribution in [0.4, 0.5) is 0 Å². The van der Waals surface area contributed by atoms with E-state index in [0.29, 0.717) is 18.2 Å². The molecule has 3 N–H and O–H groups in total. The molecule has 2 aliphatic rings. The minimum atomic E-state index is -0.212. The number of H-pyrrole nitrogens is 1. The van der Waals surface area contributed by atoms with Crippen LogP contribution in [-0.4, -0.2) is 22.4 Å². The van der Waals surface area contributed by atoms with Gasteiger partial charge in [-0.1, -0.05) is 6.07 Å². The van der Waals surface area contributed by atoms with Crippen molar-refractivity contribution in [2.24, 2.45) is 0 Å². The van der Waals surface area contributed by atoms with E-state index in [1.165, 1.54) is 6.42 Å². The molecule has 25 heavy (non-hydrogen) atoms. The minimum absolute atomic E-state index is 0.212. The zero-order valence-corrected chi connectivity index (χ0v) is 13.6. The Morgan fingerprint density at radius 1 is 1.20 bits per heavy atom. The molecule has 0 aliphatic carbocycles. The molecule has 1 aromatic carbocycles. The molecule has 126 valence electrons. The average Bonchev–Trinajstić information content (AvgIpc) is 3.26. The molecule has 6 heteroatoms. The Hall–Kier alpha value is -2.70. The SMILES string of the molecule is O=C1NOCc2c(-c3ccc(C4CCCN4)nc3)[nH]c3cccc1c23. The van der Waals surface area contributed by atoms with E-state index in [0.717, 1.165) is 46.4 Å². The molecule has 0 radical (unpaired) electrons. The number of benzene rings is 1. The van der Waals surface area contributed by atoms with E-state index in [1.54, 1.807) is 0 Å². The lowest BCUT2D eigenvalue weighted by atomic mass is 10.0. The van der Waals surface area contributed by atoms with Gasteiger partial charge in [-0.25, -0.2) is 5.48 Å². The molecule has 2 aliphatic heterocycles. The highest BCUT2D eigenvalue weighted by Gasteiger charge is 2.23. The van der Waals surface area contributed by atoms with Gasteiger partial charge in [0.2, 0.25) is 0 Å². The van der Waals surface area contributed by atoms with Crippen LogP contribution in [-0.2, 0) is 11.4 Å². The number of carbonyl (C=O) groups is 1. The predicted octanol–water partition coefficient (Wildman–Crippen LogP) is 2.83. The second kappa shape index (κ2) is 5.68. The molecule has 0 saturated carbocycles. The van der Waals surface area contributed by atoms with Crippen LogP contribution in [0.15, 0.2) is 36.5 Å². The van der Waals surface area contributed by atoms with Crippen molar-refractivity contribution < 1.29 is 9.63 Å². The summed E-state index contributed by atoms with van der Waals surface area (Å²) < 4.78 is 0. The van der Waals surface area contributed by atoms with Crippen LogP contribution >= 0.6 is 0 Å². The molecule has 0 spiro atoms. The first-order valence-corrected chi connectivity index (χ1v) is 8.56. The summed E-state index contributed by atoms with van der Waals surface area (Å²) in [5, 5.41) is 4.39. The Morgan fingerprint density at radius 2 is 2.16 bits per heavy atom. The molecule has 3 aromatic rings. The maximum atomic E-state index is 12.2. The van der Waals surface area contributed by atoms with Crippen molar-refractivity contribution in [2.45, 2.75) is 25.5 Å². The number of hydrogen-bond donors (Lipinski definition) is 3. The zero-order chi connectivity index (χ0) is 16.8. The van der Waals surface area contributed by atoms with Gasteiger partial charge in [0.15, 0.2) is 0 Å². The summed E-state index contributed by atoms with van der Waals surface area (Å²) in [6, 6.07) is 10.2. The first kappa shape index (κ1) is 14.6. The number of rotatable bonds is 2. The van der Waals surface area contributed by atoms with Crippen molar-refractivity contribution in [2.75, 3.05) is 6.54 Å². The Bertz CT molecular complexity index is 955. The van der Waals surface area contributed by atoms with Gasteiger partial charge in [-0.15, -0.1) is 0 Å². The molecule has 1 saturated heterocycles. The molecule has 0 bridgehead atoms. The fraction of sp³-hybridized carbons (Fsp3) is 0.263. The lowest BCUT2D eigenvalue weighted by molar-refractivity contribution is 0.0256. The maximum absolute atomic E-state index is 12.2. The third-order valence-electron chi connectivity index (χ3n) is 5.05. The summed E-state index contributed by atoms with van der Waals surface area (Å²) in [6.07, 6.45) is 4.23. The molecule has 6 nitrogen and oxygen atoms in total. The third-order valence-corrected chi connectivity index (χ3v) is 5.05. The van der Waals surface area contributed by atoms with Crippen molar-refractivity contribution in [3.05, 3.63) is 53.3 Å². The maximum Gasteiger partial charge on any atom is 0.275 e. The molecule has 2 aromatic heterocycles. The quantitative estimate of drug-likeness (QED) is 0.673. The van der Waals surface area contributed by atoms with E-state index >= 15 is 0 Å². The normalized spacial score (nSPS) is 19.8. The molecule has 1 fully saturated rings. The van der Waals surface area contributed by atoms with Crippen LogP contribution in [0.1, 0.15) is 40.5 Å². The number of hydroxylamine groups is 1. The smallest absolute Gasteiger partial charge is 0.275 e. The zero-order valence-electron chi connectivity index (χ0n) is 13.6. The van der Waals surface area contributed by atoms with Crippen LogP contribution in [0.3, 0.4) is 0 Å². The van der Waals surface area contributed by atoms with Gasteiger partial charge in [-0.3, -0.25) is 14.6 Å². The molecular weight excluding hydrogens is 316 g/mol. The lowest BCUT2D eigenvalue weighted by Gasteiger charge is -2.10. The van der Waals surface area contributed by atoms with Gasteiger partial charge in [-0.05, 0) is 43.7 Å². The summed E-state index contributed by atoms with van der Waals surface area (Å²) in [4.78, 5) is 25.6. The van der Waals surface area contributed by atoms with E-state index in [-0.39, 0.29) is 5.91 Å². The number of nitrogens with zero attached hydrogens (tertiary/aromatic N) is 1. The van der Waals surface area contributed by atoms with E-state index in [9.17, 15) is 4.79 Å². The van der Waals surface area contributed by atoms with Gasteiger partial charge in [0, 0.05) is 34.3 Å². The largest absolute Gasteiger partial charge is 0.354 e. The highest BCUT2D eigenvalue weighted by Crippen LogP contribution is 2.34. The fourth-order valence-electron chi connectivity index (χ4n) is 3.82. The Labute approximate surface area is 144 Å². The number of pyridine rings is 1. The topological polar surface area (TPSA) is 79.0 Å². The summed E-state index contributed by atoms with van der Waals surface area (Å²) in [5.74, 6) is -0.212. The van der Waals surface area contributed by atoms with Crippen LogP contribution in [0.25, 0.3) is 22.2 Å². The van der Waals surface area contributed by atoms with Crippen LogP contribution in [0.5, 0.6) is 0 Å². The molecule has 1 atom stereocenters. The predicted molar refractivity (Wildman–Crippen MR) is 93.8 cm³/mol. The highest BCUT2D eigenvalue weighted by molar-refractivity contribution is 6.09. The molecule has 1 amide bonds. The van der Waals surface area contributed by atoms with Crippen LogP contribution < -0.4 is 10.8 Å². The van der Waals surface area contributed by atoms with Crippen molar-refractivity contribution in [1.29, 1.82) is 0 Å². The number of aromatic amines is 1. The Morgan fingerprint density at radius 3 is 2.96 bits per heavy atom. The second-order valence-electron chi connectivity index (χ2n) is 6.55. The third kappa shape index (κ3) is 2.33. The number of carbonyl (C=O) groups excluding carboxylic acids is 1. The standard InChI is InChI=1S/C19H18N4O2/c24-19-12-3-1-4-16-17(12)13(10-25-23-19)18(22-16)11-6-7-15(21-9-11)14-5-2-8-20-14/h1,3-4,6-7,9,14,20,22H,2,5,8,10H2,(H,23,24). The summed E-state index contributed by atoms with van der Waals surface area (Å²) >= 11 is 0. The number of aromatic nitrogens is 2. The summed E-state index contributed by atoms with van der Waals surface area (Å²) in [5.41, 5.74) is 8.07. The van der Waals surface area contributed by atoms with Gasteiger partial charge in [0.1, 0.15) is 6.61 Å². The first-order chi connectivity index (χ1) is 12.3. The monoisotopic (exact) mass is 334 g/mol. The Kier molecular flexibility index (Phi) is 3.33. The van der Waals surface area contributed by atoms with E-state index in [2.05, 4.69) is 32.9 Å². The molecule has 5 rings (SSSR count). The first-order valence-electron chi connectivity index (χ1n) is 8.56. The van der Waals surface area contributed by atoms with Gasteiger partial charge < -0.3 is 10.3 Å². The van der Waals surface area contributed by atoms with E-state index in [1.807, 2.05) is 24.4 Å². The number of amides is 1. The number of nitrogens with one attached hydrogen (secondary N) is 3. The average molecular weight is 334 g/mol. The summed E-state index contributed by atoms with van der Waals surface area (Å²) in [7, 11) is 0. The molecule has 4 heterocycles. The minimum Gasteiger partial charge on any atom is -0.354 e. The highest BCUT2D eigenvalue weighted by atomic mass is 16.6. The Balaban J connectivity index is 1.62. The fourth-order valence-corrected chi connectivity index (χ4v) is 3.82. The van der Waals surface area contributed by atoms with Gasteiger partial charge in [0.05, 0.1) is 17.0 Å². The second-order valence-corrected chi connectivity index (χ2v) is 6.55. The van der Waals surface area contributed by atoms with Crippen LogP contribution in [0.2, 0.25) is 0 Å². The molecular formula is C19H18N4O2. The lowest BCUT2D eigenvalue weighted by Crippen LogP contribution is -2.21. The van der Waals surface area contributed by atoms with Crippen LogP contribution in [0, 0.1) is 0 Å². The number of hydrogen-bond acceptors (Lipinski definition) is 4.